The van der Waals surface area contributed by atoms with Gasteiger partial charge in [0.1, 0.15) is 12.7 Å². The molecule has 0 aromatic heterocycles. The van der Waals surface area contributed by atoms with Crippen molar-refractivity contribution in [3.63, 3.8) is 0 Å². The van der Waals surface area contributed by atoms with E-state index in [1.807, 2.05) is 18.2 Å². The maximum absolute atomic E-state index is 13.3. The summed E-state index contributed by atoms with van der Waals surface area (Å²) in [5.41, 5.74) is 1.63. The topological polar surface area (TPSA) is 57.2 Å². The van der Waals surface area contributed by atoms with E-state index >= 15 is 0 Å². The minimum absolute atomic E-state index is 0.193. The van der Waals surface area contributed by atoms with Crippen molar-refractivity contribution in [3.8, 4) is 11.5 Å². The zero-order chi connectivity index (χ0) is 22.9. The third kappa shape index (κ3) is 7.13. The number of nitrogens with zero attached hydrogens (tertiary/aromatic N) is 2. The Kier molecular flexibility index (Phi) is 9.23. The van der Waals surface area contributed by atoms with Crippen LogP contribution in [0.4, 0.5) is 8.78 Å². The SMILES string of the molecule is CCN1CCN(C[C@@H](O)COc2ccc(CNCc3ccc(F)c(F)c3)cc2OC)CC1. The molecule has 2 aromatic rings. The summed E-state index contributed by atoms with van der Waals surface area (Å²) in [6, 6.07) is 9.46. The lowest BCUT2D eigenvalue weighted by Crippen LogP contribution is -2.49. The number of β-amino-alcohol motifs (C(OH)–C–C–N with tert-alkyl or cyclic N) is 1. The van der Waals surface area contributed by atoms with Gasteiger partial charge in [-0.1, -0.05) is 19.1 Å². The van der Waals surface area contributed by atoms with Crippen LogP contribution in [0.3, 0.4) is 0 Å². The quantitative estimate of drug-likeness (QED) is 0.550. The van der Waals surface area contributed by atoms with Gasteiger partial charge >= 0.3 is 0 Å². The average molecular weight is 450 g/mol. The molecule has 1 atom stereocenters. The van der Waals surface area contributed by atoms with Crippen LogP contribution in [0.2, 0.25) is 0 Å². The first-order chi connectivity index (χ1) is 15.5. The van der Waals surface area contributed by atoms with Crippen LogP contribution in [0.5, 0.6) is 11.5 Å². The predicted octanol–water partition coefficient (Wildman–Crippen LogP) is 2.64. The minimum atomic E-state index is -0.849. The molecule has 2 aromatic carbocycles. The molecule has 0 aliphatic carbocycles. The van der Waals surface area contributed by atoms with E-state index in [9.17, 15) is 13.9 Å². The summed E-state index contributed by atoms with van der Waals surface area (Å²) in [7, 11) is 1.57. The van der Waals surface area contributed by atoms with E-state index in [0.717, 1.165) is 44.4 Å². The van der Waals surface area contributed by atoms with Gasteiger partial charge in [-0.25, -0.2) is 8.78 Å². The third-order valence-electron chi connectivity index (χ3n) is 5.68. The van der Waals surface area contributed by atoms with Crippen molar-refractivity contribution in [2.45, 2.75) is 26.1 Å². The highest BCUT2D eigenvalue weighted by Gasteiger charge is 2.19. The molecule has 0 amide bonds. The Morgan fingerprint density at radius 3 is 2.25 bits per heavy atom. The molecule has 0 radical (unpaired) electrons. The van der Waals surface area contributed by atoms with E-state index in [4.69, 9.17) is 9.47 Å². The number of methoxy groups -OCH3 is 1. The largest absolute Gasteiger partial charge is 0.493 e. The normalized spacial score (nSPS) is 16.2. The van der Waals surface area contributed by atoms with Gasteiger partial charge in [-0.05, 0) is 41.9 Å². The van der Waals surface area contributed by atoms with Crippen molar-refractivity contribution in [1.82, 2.24) is 15.1 Å². The first-order valence-corrected chi connectivity index (χ1v) is 11.1. The van der Waals surface area contributed by atoms with E-state index in [1.165, 1.54) is 6.07 Å². The molecule has 1 aliphatic heterocycles. The zero-order valence-corrected chi connectivity index (χ0v) is 18.8. The van der Waals surface area contributed by atoms with Gasteiger partial charge in [0.05, 0.1) is 7.11 Å². The number of halogens is 2. The van der Waals surface area contributed by atoms with Crippen LogP contribution < -0.4 is 14.8 Å². The van der Waals surface area contributed by atoms with Gasteiger partial charge in [0.15, 0.2) is 23.1 Å². The number of likely N-dealkylation sites (N-methyl/N-ethyl adjacent to an activating group) is 1. The van der Waals surface area contributed by atoms with Crippen LogP contribution in [0.1, 0.15) is 18.1 Å². The molecular formula is C24H33F2N3O3. The Morgan fingerprint density at radius 2 is 1.59 bits per heavy atom. The van der Waals surface area contributed by atoms with Crippen LogP contribution in [0, 0.1) is 11.6 Å². The van der Waals surface area contributed by atoms with Gasteiger partial charge in [0.25, 0.3) is 0 Å². The fourth-order valence-electron chi connectivity index (χ4n) is 3.77. The van der Waals surface area contributed by atoms with E-state index < -0.39 is 17.7 Å². The second-order valence-electron chi connectivity index (χ2n) is 8.04. The zero-order valence-electron chi connectivity index (χ0n) is 18.8. The van der Waals surface area contributed by atoms with E-state index in [2.05, 4.69) is 22.0 Å². The van der Waals surface area contributed by atoms with Gasteiger partial charge in [-0.3, -0.25) is 4.90 Å². The number of aliphatic hydroxyl groups is 1. The molecule has 8 heteroatoms. The average Bonchev–Trinajstić information content (AvgIpc) is 2.81. The number of hydrogen-bond acceptors (Lipinski definition) is 6. The Labute approximate surface area is 188 Å². The Hall–Kier alpha value is -2.26. The van der Waals surface area contributed by atoms with Crippen LogP contribution >= 0.6 is 0 Å². The van der Waals surface area contributed by atoms with Crippen LogP contribution in [0.25, 0.3) is 0 Å². The molecule has 0 saturated carbocycles. The highest BCUT2D eigenvalue weighted by atomic mass is 19.2. The first kappa shape index (κ1) is 24.4. The summed E-state index contributed by atoms with van der Waals surface area (Å²) in [5.74, 6) is -0.538. The van der Waals surface area contributed by atoms with Crippen molar-refractivity contribution < 1.29 is 23.4 Å². The monoisotopic (exact) mass is 449 g/mol. The van der Waals surface area contributed by atoms with Crippen molar-refractivity contribution >= 4 is 0 Å². The minimum Gasteiger partial charge on any atom is -0.493 e. The Bertz CT molecular complexity index is 860. The summed E-state index contributed by atoms with van der Waals surface area (Å²) in [6.07, 6.45) is -0.578. The summed E-state index contributed by atoms with van der Waals surface area (Å²) in [6.45, 7) is 8.94. The molecule has 32 heavy (non-hydrogen) atoms. The van der Waals surface area contributed by atoms with Crippen molar-refractivity contribution in [2.75, 3.05) is 53.0 Å². The van der Waals surface area contributed by atoms with Crippen molar-refractivity contribution in [1.29, 1.82) is 0 Å². The first-order valence-electron chi connectivity index (χ1n) is 11.1. The number of benzene rings is 2. The number of rotatable bonds is 11. The summed E-state index contributed by atoms with van der Waals surface area (Å²) in [5, 5.41) is 13.6. The Balaban J connectivity index is 1.45. The highest BCUT2D eigenvalue weighted by molar-refractivity contribution is 5.43. The number of hydrogen-bond donors (Lipinski definition) is 2. The molecule has 2 N–H and O–H groups in total. The molecule has 3 rings (SSSR count). The molecule has 1 heterocycles. The fraction of sp³-hybridized carbons (Fsp3) is 0.500. The summed E-state index contributed by atoms with van der Waals surface area (Å²) >= 11 is 0. The second kappa shape index (κ2) is 12.1. The molecule has 1 fully saturated rings. The Morgan fingerprint density at radius 1 is 0.938 bits per heavy atom. The number of nitrogens with one attached hydrogen (secondary N) is 1. The molecule has 1 aliphatic rings. The van der Waals surface area contributed by atoms with E-state index in [-0.39, 0.29) is 6.61 Å². The van der Waals surface area contributed by atoms with E-state index in [1.54, 1.807) is 13.2 Å². The van der Waals surface area contributed by atoms with Crippen molar-refractivity contribution in [3.05, 3.63) is 59.2 Å². The molecule has 0 unspecified atom stereocenters. The molecular weight excluding hydrogens is 416 g/mol. The maximum atomic E-state index is 13.3. The van der Waals surface area contributed by atoms with Gasteiger partial charge in [-0.2, -0.15) is 0 Å². The predicted molar refractivity (Wildman–Crippen MR) is 120 cm³/mol. The van der Waals surface area contributed by atoms with Gasteiger partial charge in [0, 0.05) is 45.8 Å². The lowest BCUT2D eigenvalue weighted by atomic mass is 10.1. The summed E-state index contributed by atoms with van der Waals surface area (Å²) in [4.78, 5) is 4.66. The lowest BCUT2D eigenvalue weighted by Gasteiger charge is -2.34. The lowest BCUT2D eigenvalue weighted by molar-refractivity contribution is 0.0464. The molecule has 6 nitrogen and oxygen atoms in total. The van der Waals surface area contributed by atoms with Gasteiger partial charge < -0.3 is 24.8 Å². The molecule has 0 spiro atoms. The van der Waals surface area contributed by atoms with Crippen LogP contribution in [-0.2, 0) is 13.1 Å². The number of piperazine rings is 1. The third-order valence-corrected chi connectivity index (χ3v) is 5.68. The van der Waals surface area contributed by atoms with Gasteiger partial charge in [0.2, 0.25) is 0 Å². The number of aliphatic hydroxyl groups excluding tert-OH is 1. The molecule has 1 saturated heterocycles. The van der Waals surface area contributed by atoms with Crippen LogP contribution in [0.15, 0.2) is 36.4 Å². The number of ether oxygens (including phenoxy) is 2. The summed E-state index contributed by atoms with van der Waals surface area (Å²) < 4.78 is 37.6. The molecule has 176 valence electrons. The standard InChI is InChI=1S/C24H33F2N3O3/c1-3-28-8-10-29(11-9-28)16-20(30)17-32-23-7-5-19(13-24(23)31-2)15-27-14-18-4-6-21(25)22(26)12-18/h4-7,12-13,20,27,30H,3,8-11,14-17H2,1-2H3/t20-/m1/s1. The highest BCUT2D eigenvalue weighted by Crippen LogP contribution is 2.28. The van der Waals surface area contributed by atoms with E-state index in [0.29, 0.717) is 36.7 Å². The fourth-order valence-corrected chi connectivity index (χ4v) is 3.77. The maximum Gasteiger partial charge on any atom is 0.161 e. The second-order valence-corrected chi connectivity index (χ2v) is 8.04. The van der Waals surface area contributed by atoms with Crippen molar-refractivity contribution in [2.24, 2.45) is 0 Å². The smallest absolute Gasteiger partial charge is 0.161 e. The van der Waals surface area contributed by atoms with Crippen LogP contribution in [-0.4, -0.2) is 74.0 Å². The molecule has 0 bridgehead atoms. The van der Waals surface area contributed by atoms with Gasteiger partial charge in [-0.15, -0.1) is 0 Å².